The molecule has 2 aromatic heterocycles. The molecular weight excluding hydrogens is 392 g/mol. The molecule has 0 aliphatic heterocycles. The highest BCUT2D eigenvalue weighted by Gasteiger charge is 2.12. The van der Waals surface area contributed by atoms with Gasteiger partial charge in [0.05, 0.1) is 25.6 Å². The largest absolute Gasteiger partial charge is 0.497 e. The van der Waals surface area contributed by atoms with Gasteiger partial charge in [0, 0.05) is 23.2 Å². The molecule has 31 heavy (non-hydrogen) atoms. The first-order valence-corrected chi connectivity index (χ1v) is 9.62. The molecule has 0 radical (unpaired) electrons. The number of anilines is 3. The number of pyridine rings is 1. The number of hydrogen-bond donors (Lipinski definition) is 3. The molecule has 1 amide bonds. The number of para-hydroxylation sites is 2. The number of nitrogens with zero attached hydrogens (tertiary/aromatic N) is 1. The van der Waals surface area contributed by atoms with E-state index in [1.54, 1.807) is 14.2 Å². The predicted octanol–water partition coefficient (Wildman–Crippen LogP) is 5.12. The van der Waals surface area contributed by atoms with Crippen LogP contribution in [0.3, 0.4) is 0 Å². The van der Waals surface area contributed by atoms with Gasteiger partial charge >= 0.3 is 0 Å². The Morgan fingerprint density at radius 2 is 1.74 bits per heavy atom. The molecule has 0 aliphatic carbocycles. The first-order valence-electron chi connectivity index (χ1n) is 9.62. The minimum Gasteiger partial charge on any atom is -0.497 e. The smallest absolute Gasteiger partial charge is 0.247 e. The van der Waals surface area contributed by atoms with Crippen LogP contribution in [-0.4, -0.2) is 30.1 Å². The lowest BCUT2D eigenvalue weighted by Gasteiger charge is -2.12. The van der Waals surface area contributed by atoms with Crippen LogP contribution < -0.4 is 20.1 Å². The molecule has 7 heteroatoms. The van der Waals surface area contributed by atoms with E-state index < -0.39 is 0 Å². The molecule has 156 valence electrons. The summed E-state index contributed by atoms with van der Waals surface area (Å²) < 4.78 is 10.8. The molecular formula is C24H22N4O3. The summed E-state index contributed by atoms with van der Waals surface area (Å²) in [5.74, 6) is 1.80. The number of aromatic nitrogens is 2. The average molecular weight is 414 g/mol. The lowest BCUT2D eigenvalue weighted by atomic mass is 10.1. The van der Waals surface area contributed by atoms with Gasteiger partial charge in [0.15, 0.2) is 0 Å². The van der Waals surface area contributed by atoms with Gasteiger partial charge in [-0.25, -0.2) is 4.98 Å². The van der Waals surface area contributed by atoms with Crippen molar-refractivity contribution in [3.05, 3.63) is 73.4 Å². The number of fused-ring (bicyclic) bond motifs is 1. The predicted molar refractivity (Wildman–Crippen MR) is 123 cm³/mol. The molecule has 0 aliphatic rings. The first kappa shape index (κ1) is 20.0. The van der Waals surface area contributed by atoms with E-state index in [0.717, 1.165) is 27.8 Å². The number of benzene rings is 2. The fourth-order valence-electron chi connectivity index (χ4n) is 3.30. The Hall–Kier alpha value is -4.26. The van der Waals surface area contributed by atoms with E-state index in [9.17, 15) is 4.79 Å². The molecule has 7 nitrogen and oxygen atoms in total. The summed E-state index contributed by atoms with van der Waals surface area (Å²) in [5.41, 5.74) is 4.06. The van der Waals surface area contributed by atoms with Crippen molar-refractivity contribution in [1.82, 2.24) is 9.97 Å². The monoisotopic (exact) mass is 414 g/mol. The van der Waals surface area contributed by atoms with Gasteiger partial charge in [-0.3, -0.25) is 4.79 Å². The summed E-state index contributed by atoms with van der Waals surface area (Å²) in [6.07, 6.45) is 3.14. The van der Waals surface area contributed by atoms with Crippen molar-refractivity contribution in [3.63, 3.8) is 0 Å². The van der Waals surface area contributed by atoms with E-state index >= 15 is 0 Å². The molecule has 0 fully saturated rings. The van der Waals surface area contributed by atoms with Crippen LogP contribution in [0.5, 0.6) is 11.5 Å². The Morgan fingerprint density at radius 1 is 1.03 bits per heavy atom. The van der Waals surface area contributed by atoms with Gasteiger partial charge in [0.1, 0.15) is 23.0 Å². The molecule has 2 aromatic carbocycles. The van der Waals surface area contributed by atoms with Gasteiger partial charge < -0.3 is 25.1 Å². The molecule has 0 atom stereocenters. The molecule has 3 N–H and O–H groups in total. The third kappa shape index (κ3) is 4.20. The highest BCUT2D eigenvalue weighted by molar-refractivity contribution is 6.01. The molecule has 0 spiro atoms. The Labute approximate surface area is 179 Å². The standard InChI is InChI=1S/C24H22N4O3/c1-4-23(29)27-21-8-6-5-7-20(21)26-22-10-9-18-19(14-25-24(18)28-22)15-11-16(30-2)13-17(12-15)31-3/h4-14H,1H2,2-3H3,(H,27,29)(H2,25,26,28). The summed E-state index contributed by atoms with van der Waals surface area (Å²) in [6, 6.07) is 17.0. The Balaban J connectivity index is 1.66. The lowest BCUT2D eigenvalue weighted by molar-refractivity contribution is -0.111. The van der Waals surface area contributed by atoms with Crippen LogP contribution in [0.25, 0.3) is 22.2 Å². The van der Waals surface area contributed by atoms with E-state index in [1.165, 1.54) is 6.08 Å². The fraction of sp³-hybridized carbons (Fsp3) is 0.0833. The van der Waals surface area contributed by atoms with E-state index in [1.807, 2.05) is 60.8 Å². The van der Waals surface area contributed by atoms with Gasteiger partial charge in [-0.2, -0.15) is 0 Å². The second-order valence-corrected chi connectivity index (χ2v) is 6.76. The number of carbonyl (C=O) groups excluding carboxylic acids is 1. The number of carbonyl (C=O) groups is 1. The van der Waals surface area contributed by atoms with Crippen molar-refractivity contribution in [2.75, 3.05) is 24.9 Å². The van der Waals surface area contributed by atoms with Crippen LogP contribution >= 0.6 is 0 Å². The molecule has 4 rings (SSSR count). The van der Waals surface area contributed by atoms with E-state index in [4.69, 9.17) is 9.47 Å². The topological polar surface area (TPSA) is 88.3 Å². The minimum absolute atomic E-state index is 0.277. The number of hydrogen-bond acceptors (Lipinski definition) is 5. The van der Waals surface area contributed by atoms with Crippen LogP contribution in [0.4, 0.5) is 17.2 Å². The van der Waals surface area contributed by atoms with Crippen molar-refractivity contribution in [1.29, 1.82) is 0 Å². The van der Waals surface area contributed by atoms with E-state index in [2.05, 4.69) is 27.2 Å². The molecule has 0 saturated heterocycles. The third-order valence-electron chi connectivity index (χ3n) is 4.83. The van der Waals surface area contributed by atoms with Gasteiger partial charge in [0.2, 0.25) is 5.91 Å². The van der Waals surface area contributed by atoms with Crippen LogP contribution in [-0.2, 0) is 4.79 Å². The zero-order valence-electron chi connectivity index (χ0n) is 17.2. The molecule has 0 unspecified atom stereocenters. The van der Waals surface area contributed by atoms with Gasteiger partial charge in [-0.05, 0) is 48.0 Å². The average Bonchev–Trinajstić information content (AvgIpc) is 3.23. The SMILES string of the molecule is C=CC(=O)Nc1ccccc1Nc1ccc2c(-c3cc(OC)cc(OC)c3)c[nH]c2n1. The maximum atomic E-state index is 11.7. The van der Waals surface area contributed by atoms with Crippen molar-refractivity contribution >= 4 is 34.1 Å². The van der Waals surface area contributed by atoms with Crippen LogP contribution in [0.15, 0.2) is 73.4 Å². The Kier molecular flexibility index (Phi) is 5.57. The minimum atomic E-state index is -0.277. The van der Waals surface area contributed by atoms with Crippen LogP contribution in [0.1, 0.15) is 0 Å². The molecule has 0 bridgehead atoms. The fourth-order valence-corrected chi connectivity index (χ4v) is 3.30. The lowest BCUT2D eigenvalue weighted by Crippen LogP contribution is -2.09. The summed E-state index contributed by atoms with van der Waals surface area (Å²) in [7, 11) is 3.26. The highest BCUT2D eigenvalue weighted by Crippen LogP contribution is 2.34. The summed E-state index contributed by atoms with van der Waals surface area (Å²) in [4.78, 5) is 19.6. The van der Waals surface area contributed by atoms with Gasteiger partial charge in [-0.1, -0.05) is 18.7 Å². The van der Waals surface area contributed by atoms with Crippen molar-refractivity contribution in [3.8, 4) is 22.6 Å². The number of aromatic amines is 1. The highest BCUT2D eigenvalue weighted by atomic mass is 16.5. The third-order valence-corrected chi connectivity index (χ3v) is 4.83. The van der Waals surface area contributed by atoms with Gasteiger partial charge in [0.25, 0.3) is 0 Å². The van der Waals surface area contributed by atoms with E-state index in [0.29, 0.717) is 23.0 Å². The van der Waals surface area contributed by atoms with E-state index in [-0.39, 0.29) is 5.91 Å². The number of nitrogens with one attached hydrogen (secondary N) is 3. The first-order chi connectivity index (χ1) is 15.1. The zero-order chi connectivity index (χ0) is 21.8. The normalized spacial score (nSPS) is 10.5. The van der Waals surface area contributed by atoms with Crippen LogP contribution in [0.2, 0.25) is 0 Å². The maximum absolute atomic E-state index is 11.7. The number of amides is 1. The molecule has 2 heterocycles. The number of H-pyrrole nitrogens is 1. The summed E-state index contributed by atoms with van der Waals surface area (Å²) in [5, 5.41) is 7.01. The Bertz CT molecular complexity index is 1240. The molecule has 4 aromatic rings. The Morgan fingerprint density at radius 3 is 2.42 bits per heavy atom. The number of ether oxygens (including phenoxy) is 2. The summed E-state index contributed by atoms with van der Waals surface area (Å²) >= 11 is 0. The van der Waals surface area contributed by atoms with Crippen molar-refractivity contribution < 1.29 is 14.3 Å². The van der Waals surface area contributed by atoms with Gasteiger partial charge in [-0.15, -0.1) is 0 Å². The maximum Gasteiger partial charge on any atom is 0.247 e. The van der Waals surface area contributed by atoms with Crippen molar-refractivity contribution in [2.24, 2.45) is 0 Å². The quantitative estimate of drug-likeness (QED) is 0.366. The summed E-state index contributed by atoms with van der Waals surface area (Å²) in [6.45, 7) is 3.49. The van der Waals surface area contributed by atoms with Crippen LogP contribution in [0, 0.1) is 0 Å². The molecule has 0 saturated carbocycles. The number of methoxy groups -OCH3 is 2. The second kappa shape index (κ2) is 8.62. The van der Waals surface area contributed by atoms with Crippen molar-refractivity contribution in [2.45, 2.75) is 0 Å². The number of rotatable bonds is 7. The second-order valence-electron chi connectivity index (χ2n) is 6.76. The zero-order valence-corrected chi connectivity index (χ0v) is 17.2.